The Bertz CT molecular complexity index is 240. The Morgan fingerprint density at radius 2 is 2.33 bits per heavy atom. The average Bonchev–Trinajstić information content (AvgIpc) is 2.39. The largest absolute Gasteiger partial charge is 0.449 e. The fourth-order valence-electron chi connectivity index (χ4n) is 1.18. The molecule has 0 aromatic carbocycles. The number of nitrogens with zero attached hydrogens (tertiary/aromatic N) is 1. The van der Waals surface area contributed by atoms with Crippen LogP contribution < -0.4 is 0 Å². The van der Waals surface area contributed by atoms with Crippen molar-refractivity contribution in [3.63, 3.8) is 0 Å². The number of carbonyl (C=O) groups excluding carboxylic acids is 2. The van der Waals surface area contributed by atoms with E-state index in [9.17, 15) is 9.59 Å². The summed E-state index contributed by atoms with van der Waals surface area (Å²) in [6.07, 6.45) is -0.428. The van der Waals surface area contributed by atoms with Crippen LogP contribution in [0.25, 0.3) is 0 Å². The van der Waals surface area contributed by atoms with Crippen molar-refractivity contribution in [3.8, 4) is 0 Å². The molecule has 0 unspecified atom stereocenters. The molecule has 0 radical (unpaired) electrons. The molecule has 0 aromatic heterocycles. The lowest BCUT2D eigenvalue weighted by molar-refractivity contribution is -0.122. The summed E-state index contributed by atoms with van der Waals surface area (Å²) >= 11 is 0. The smallest absolute Gasteiger partial charge is 0.410 e. The molecule has 1 aliphatic rings. The van der Waals surface area contributed by atoms with E-state index in [0.29, 0.717) is 25.7 Å². The highest BCUT2D eigenvalue weighted by Gasteiger charge is 2.21. The Kier molecular flexibility index (Phi) is 4.55. The molecule has 5 nitrogen and oxygen atoms in total. The van der Waals surface area contributed by atoms with E-state index in [4.69, 9.17) is 9.47 Å². The molecule has 86 valence electrons. The van der Waals surface area contributed by atoms with Crippen molar-refractivity contribution in [2.45, 2.75) is 13.8 Å². The quantitative estimate of drug-likeness (QED) is 0.679. The van der Waals surface area contributed by atoms with Gasteiger partial charge in [-0.2, -0.15) is 0 Å². The molecule has 0 aliphatic carbocycles. The van der Waals surface area contributed by atoms with Gasteiger partial charge in [0, 0.05) is 6.54 Å². The molecule has 0 spiro atoms. The summed E-state index contributed by atoms with van der Waals surface area (Å²) in [6, 6.07) is 0. The first-order valence-corrected chi connectivity index (χ1v) is 5.10. The Balaban J connectivity index is 2.39. The molecule has 0 aromatic rings. The van der Waals surface area contributed by atoms with Crippen molar-refractivity contribution in [3.05, 3.63) is 0 Å². The van der Waals surface area contributed by atoms with Crippen molar-refractivity contribution < 1.29 is 19.1 Å². The van der Waals surface area contributed by atoms with Crippen LogP contribution in [-0.2, 0) is 14.3 Å². The second-order valence-corrected chi connectivity index (χ2v) is 3.98. The fourth-order valence-corrected chi connectivity index (χ4v) is 1.18. The first-order chi connectivity index (χ1) is 7.09. The van der Waals surface area contributed by atoms with Gasteiger partial charge < -0.3 is 9.47 Å². The molecule has 1 saturated heterocycles. The monoisotopic (exact) mass is 215 g/mol. The van der Waals surface area contributed by atoms with Crippen LogP contribution in [-0.4, -0.2) is 49.7 Å². The molecule has 0 bridgehead atoms. The molecular formula is C10H17NO4. The van der Waals surface area contributed by atoms with E-state index < -0.39 is 6.09 Å². The lowest BCUT2D eigenvalue weighted by Gasteiger charge is -2.18. The minimum atomic E-state index is -0.428. The summed E-state index contributed by atoms with van der Waals surface area (Å²) in [6.45, 7) is 5.30. The van der Waals surface area contributed by atoms with E-state index in [1.165, 1.54) is 4.90 Å². The maximum atomic E-state index is 11.5. The second kappa shape index (κ2) is 5.70. The average molecular weight is 215 g/mol. The first-order valence-electron chi connectivity index (χ1n) is 5.10. The maximum Gasteiger partial charge on any atom is 0.410 e. The van der Waals surface area contributed by atoms with Crippen LogP contribution in [0.2, 0.25) is 0 Å². The molecule has 0 saturated carbocycles. The molecule has 1 rings (SSSR count). The molecule has 1 amide bonds. The Morgan fingerprint density at radius 3 is 3.00 bits per heavy atom. The van der Waals surface area contributed by atoms with Gasteiger partial charge in [-0.3, -0.25) is 9.69 Å². The Labute approximate surface area is 89.3 Å². The predicted octanol–water partition coefficient (Wildman–Crippen LogP) is 0.680. The zero-order chi connectivity index (χ0) is 11.3. The van der Waals surface area contributed by atoms with E-state index in [0.717, 1.165) is 0 Å². The van der Waals surface area contributed by atoms with Gasteiger partial charge in [0.05, 0.1) is 19.8 Å². The summed E-state index contributed by atoms with van der Waals surface area (Å²) in [7, 11) is 0. The number of carbonyl (C=O) groups is 2. The summed E-state index contributed by atoms with van der Waals surface area (Å²) in [5, 5.41) is 0. The fraction of sp³-hybridized carbons (Fsp3) is 0.800. The highest BCUT2D eigenvalue weighted by molar-refractivity contribution is 5.85. The third-order valence-electron chi connectivity index (χ3n) is 1.93. The first kappa shape index (κ1) is 12.0. The highest BCUT2D eigenvalue weighted by atomic mass is 16.6. The van der Waals surface area contributed by atoms with Gasteiger partial charge in [-0.05, 0) is 5.92 Å². The van der Waals surface area contributed by atoms with Crippen LogP contribution in [0.4, 0.5) is 4.79 Å². The van der Waals surface area contributed by atoms with Gasteiger partial charge in [0.2, 0.25) is 0 Å². The summed E-state index contributed by atoms with van der Waals surface area (Å²) < 4.78 is 10.0. The van der Waals surface area contributed by atoms with Crippen molar-refractivity contribution in [2.75, 3.05) is 32.9 Å². The topological polar surface area (TPSA) is 55.8 Å². The van der Waals surface area contributed by atoms with Crippen molar-refractivity contribution in [1.29, 1.82) is 0 Å². The summed E-state index contributed by atoms with van der Waals surface area (Å²) in [4.78, 5) is 24.0. The normalized spacial score (nSPS) is 17.8. The molecule has 1 heterocycles. The van der Waals surface area contributed by atoms with Crippen LogP contribution in [0, 0.1) is 5.92 Å². The highest BCUT2D eigenvalue weighted by Crippen LogP contribution is 2.01. The summed E-state index contributed by atoms with van der Waals surface area (Å²) in [5.41, 5.74) is 0. The summed E-state index contributed by atoms with van der Waals surface area (Å²) in [5.74, 6) is 0.210. The maximum absolute atomic E-state index is 11.5. The zero-order valence-electron chi connectivity index (χ0n) is 9.19. The van der Waals surface area contributed by atoms with Gasteiger partial charge in [0.15, 0.2) is 5.78 Å². The van der Waals surface area contributed by atoms with Gasteiger partial charge >= 0.3 is 6.09 Å². The standard InChI is InChI=1S/C10H17NO4/c1-8(2)6-15-10(13)11-3-4-14-7-9(12)5-11/h8H,3-7H2,1-2H3. The van der Waals surface area contributed by atoms with E-state index >= 15 is 0 Å². The number of ketones is 1. The van der Waals surface area contributed by atoms with E-state index in [2.05, 4.69) is 0 Å². The lowest BCUT2D eigenvalue weighted by Crippen LogP contribution is -2.37. The van der Waals surface area contributed by atoms with Crippen molar-refractivity contribution >= 4 is 11.9 Å². The van der Waals surface area contributed by atoms with Crippen LogP contribution in [0.5, 0.6) is 0 Å². The van der Waals surface area contributed by atoms with Gasteiger partial charge in [0.1, 0.15) is 6.61 Å². The Hall–Kier alpha value is -1.10. The molecule has 0 atom stereocenters. The lowest BCUT2D eigenvalue weighted by atomic mass is 10.2. The molecule has 0 N–H and O–H groups in total. The number of ether oxygens (including phenoxy) is 2. The molecular weight excluding hydrogens is 198 g/mol. The number of Topliss-reactive ketones (excluding diaryl/α,β-unsaturated/α-hetero) is 1. The Morgan fingerprint density at radius 1 is 1.60 bits per heavy atom. The van der Waals surface area contributed by atoms with Gasteiger partial charge in [0.25, 0.3) is 0 Å². The second-order valence-electron chi connectivity index (χ2n) is 3.98. The number of hydrogen-bond donors (Lipinski definition) is 0. The van der Waals surface area contributed by atoms with E-state index in [1.54, 1.807) is 0 Å². The number of amides is 1. The minimum absolute atomic E-state index is 0.0889. The van der Waals surface area contributed by atoms with Crippen LogP contribution in [0.3, 0.4) is 0 Å². The van der Waals surface area contributed by atoms with Crippen molar-refractivity contribution in [2.24, 2.45) is 5.92 Å². The van der Waals surface area contributed by atoms with Gasteiger partial charge in [-0.25, -0.2) is 4.79 Å². The predicted molar refractivity (Wildman–Crippen MR) is 53.6 cm³/mol. The van der Waals surface area contributed by atoms with Gasteiger partial charge in [-0.15, -0.1) is 0 Å². The van der Waals surface area contributed by atoms with Crippen LogP contribution in [0.15, 0.2) is 0 Å². The third kappa shape index (κ3) is 4.29. The third-order valence-corrected chi connectivity index (χ3v) is 1.93. The minimum Gasteiger partial charge on any atom is -0.449 e. The van der Waals surface area contributed by atoms with Crippen molar-refractivity contribution in [1.82, 2.24) is 4.90 Å². The number of rotatable bonds is 2. The molecule has 5 heteroatoms. The van der Waals surface area contributed by atoms with Gasteiger partial charge in [-0.1, -0.05) is 13.8 Å². The SMILES string of the molecule is CC(C)COC(=O)N1CCOCC(=O)C1. The molecule has 15 heavy (non-hydrogen) atoms. The van der Waals surface area contributed by atoms with E-state index in [1.807, 2.05) is 13.8 Å². The van der Waals surface area contributed by atoms with Crippen LogP contribution in [0.1, 0.15) is 13.8 Å². The number of hydrogen-bond acceptors (Lipinski definition) is 4. The zero-order valence-corrected chi connectivity index (χ0v) is 9.19. The van der Waals surface area contributed by atoms with Crippen LogP contribution >= 0.6 is 0 Å². The molecule has 1 fully saturated rings. The van der Waals surface area contributed by atoms with E-state index in [-0.39, 0.29) is 18.9 Å². The molecule has 1 aliphatic heterocycles.